The van der Waals surface area contributed by atoms with Crippen molar-refractivity contribution in [1.29, 1.82) is 0 Å². The number of hydrogen-bond donors (Lipinski definition) is 2. The molecule has 1 aromatic carbocycles. The van der Waals surface area contributed by atoms with Gasteiger partial charge in [0.1, 0.15) is 0 Å². The summed E-state index contributed by atoms with van der Waals surface area (Å²) in [6.45, 7) is 8.04. The first kappa shape index (κ1) is 18.8. The molecule has 6 nitrogen and oxygen atoms in total. The van der Waals surface area contributed by atoms with E-state index in [1.165, 1.54) is 7.11 Å². The smallest absolute Gasteiger partial charge is 0.251 e. The van der Waals surface area contributed by atoms with E-state index in [2.05, 4.69) is 15.5 Å². The summed E-state index contributed by atoms with van der Waals surface area (Å²) in [7, 11) is 1.54. The third-order valence-corrected chi connectivity index (χ3v) is 4.15. The zero-order valence-corrected chi connectivity index (χ0v) is 15.1. The molecule has 0 radical (unpaired) electrons. The number of benzene rings is 1. The van der Waals surface area contributed by atoms with Gasteiger partial charge in [-0.1, -0.05) is 18.5 Å². The Morgan fingerprint density at radius 3 is 2.79 bits per heavy atom. The Bertz CT molecular complexity index is 548. The average Bonchev–Trinajstić information content (AvgIpc) is 2.60. The number of methoxy groups -OCH3 is 1. The molecule has 0 aromatic heterocycles. The van der Waals surface area contributed by atoms with E-state index in [0.717, 1.165) is 39.1 Å². The van der Waals surface area contributed by atoms with Crippen LogP contribution in [0.2, 0.25) is 5.02 Å². The first-order chi connectivity index (χ1) is 11.7. The number of carbonyl (C=O) groups is 1. The second-order valence-electron chi connectivity index (χ2n) is 5.69. The summed E-state index contributed by atoms with van der Waals surface area (Å²) < 4.78 is 10.9. The maximum absolute atomic E-state index is 12.3. The quantitative estimate of drug-likeness (QED) is 0.744. The zero-order chi connectivity index (χ0) is 17.4. The molecule has 1 aliphatic rings. The van der Waals surface area contributed by atoms with Gasteiger partial charge in [-0.2, -0.15) is 0 Å². The second-order valence-corrected chi connectivity index (χ2v) is 6.09. The van der Waals surface area contributed by atoms with Gasteiger partial charge in [-0.25, -0.2) is 0 Å². The summed E-state index contributed by atoms with van der Waals surface area (Å²) in [5.41, 5.74) is 0.473. The molecule has 2 N–H and O–H groups in total. The minimum absolute atomic E-state index is 0.160. The molecule has 0 aliphatic carbocycles. The predicted octanol–water partition coefficient (Wildman–Crippen LogP) is 1.77. The average molecular weight is 356 g/mol. The van der Waals surface area contributed by atoms with Crippen molar-refractivity contribution < 1.29 is 14.3 Å². The maximum Gasteiger partial charge on any atom is 0.251 e. The van der Waals surface area contributed by atoms with E-state index >= 15 is 0 Å². The molecular weight excluding hydrogens is 330 g/mol. The van der Waals surface area contributed by atoms with Crippen LogP contribution in [0.1, 0.15) is 23.7 Å². The number of ether oxygens (including phenoxy) is 2. The third-order valence-electron chi connectivity index (χ3n) is 3.87. The van der Waals surface area contributed by atoms with Crippen LogP contribution in [0.3, 0.4) is 0 Å². The lowest BCUT2D eigenvalue weighted by Gasteiger charge is -2.27. The predicted molar refractivity (Wildman–Crippen MR) is 95.4 cm³/mol. The van der Waals surface area contributed by atoms with Gasteiger partial charge in [-0.15, -0.1) is 0 Å². The molecule has 7 heteroatoms. The maximum atomic E-state index is 12.3. The number of nitrogens with zero attached hydrogens (tertiary/aromatic N) is 1. The SMILES string of the molecule is CCCOc1c(Cl)cc(C(=O)NCCN2CCNCC2)cc1OC. The fraction of sp³-hybridized carbons (Fsp3) is 0.588. The molecular formula is C17H26ClN3O3. The number of carbonyl (C=O) groups excluding carboxylic acids is 1. The van der Waals surface area contributed by atoms with Gasteiger partial charge in [-0.3, -0.25) is 9.69 Å². The van der Waals surface area contributed by atoms with Crippen molar-refractivity contribution in [3.8, 4) is 11.5 Å². The van der Waals surface area contributed by atoms with E-state index in [1.54, 1.807) is 12.1 Å². The van der Waals surface area contributed by atoms with Crippen molar-refractivity contribution in [2.75, 3.05) is 53.0 Å². The summed E-state index contributed by atoms with van der Waals surface area (Å²) in [6.07, 6.45) is 0.869. The first-order valence-corrected chi connectivity index (χ1v) is 8.75. The van der Waals surface area contributed by atoms with Crippen LogP contribution in [0, 0.1) is 0 Å². The van der Waals surface area contributed by atoms with Crippen molar-refractivity contribution in [2.24, 2.45) is 0 Å². The van der Waals surface area contributed by atoms with Crippen LogP contribution in [0.25, 0.3) is 0 Å². The van der Waals surface area contributed by atoms with Crippen LogP contribution in [-0.2, 0) is 0 Å². The number of rotatable bonds is 8. The Morgan fingerprint density at radius 1 is 1.38 bits per heavy atom. The Kier molecular flexibility index (Phi) is 7.62. The molecule has 1 heterocycles. The van der Waals surface area contributed by atoms with Gasteiger partial charge in [0.15, 0.2) is 11.5 Å². The highest BCUT2D eigenvalue weighted by Crippen LogP contribution is 2.36. The molecule has 0 spiro atoms. The van der Waals surface area contributed by atoms with E-state index < -0.39 is 0 Å². The van der Waals surface area contributed by atoms with E-state index in [-0.39, 0.29) is 5.91 Å². The highest BCUT2D eigenvalue weighted by atomic mass is 35.5. The van der Waals surface area contributed by atoms with E-state index in [0.29, 0.717) is 35.2 Å². The van der Waals surface area contributed by atoms with Crippen molar-refractivity contribution in [3.05, 3.63) is 22.7 Å². The molecule has 1 amide bonds. The molecule has 2 rings (SSSR count). The van der Waals surface area contributed by atoms with Gasteiger partial charge in [0.2, 0.25) is 0 Å². The van der Waals surface area contributed by atoms with Crippen LogP contribution in [0.5, 0.6) is 11.5 Å². The van der Waals surface area contributed by atoms with Crippen LogP contribution < -0.4 is 20.1 Å². The molecule has 1 aliphatic heterocycles. The molecule has 0 bridgehead atoms. The fourth-order valence-corrected chi connectivity index (χ4v) is 2.82. The zero-order valence-electron chi connectivity index (χ0n) is 14.4. The lowest BCUT2D eigenvalue weighted by molar-refractivity contribution is 0.0947. The molecule has 1 aromatic rings. The van der Waals surface area contributed by atoms with Gasteiger partial charge in [0.25, 0.3) is 5.91 Å². The molecule has 0 atom stereocenters. The summed E-state index contributed by atoms with van der Waals surface area (Å²) >= 11 is 6.25. The number of amides is 1. The van der Waals surface area contributed by atoms with E-state index in [4.69, 9.17) is 21.1 Å². The highest BCUT2D eigenvalue weighted by molar-refractivity contribution is 6.32. The monoisotopic (exact) mass is 355 g/mol. The standard InChI is InChI=1S/C17H26ClN3O3/c1-3-10-24-16-14(18)11-13(12-15(16)23-2)17(22)20-6-9-21-7-4-19-5-8-21/h11-12,19H,3-10H2,1-2H3,(H,20,22). The highest BCUT2D eigenvalue weighted by Gasteiger charge is 2.16. The van der Waals surface area contributed by atoms with Crippen molar-refractivity contribution in [1.82, 2.24) is 15.5 Å². The lowest BCUT2D eigenvalue weighted by atomic mass is 10.2. The Balaban J connectivity index is 1.94. The first-order valence-electron chi connectivity index (χ1n) is 8.37. The lowest BCUT2D eigenvalue weighted by Crippen LogP contribution is -2.46. The van der Waals surface area contributed by atoms with Crippen molar-refractivity contribution >= 4 is 17.5 Å². The van der Waals surface area contributed by atoms with Gasteiger partial charge in [0, 0.05) is 44.8 Å². The molecule has 1 saturated heterocycles. The van der Waals surface area contributed by atoms with Gasteiger partial charge < -0.3 is 20.1 Å². The normalized spacial score (nSPS) is 15.1. The van der Waals surface area contributed by atoms with Crippen LogP contribution in [-0.4, -0.2) is 63.8 Å². The third kappa shape index (κ3) is 5.26. The van der Waals surface area contributed by atoms with E-state index in [9.17, 15) is 4.79 Å². The molecule has 1 fully saturated rings. The molecule has 0 saturated carbocycles. The van der Waals surface area contributed by atoms with Gasteiger partial charge >= 0.3 is 0 Å². The number of hydrogen-bond acceptors (Lipinski definition) is 5. The van der Waals surface area contributed by atoms with Crippen LogP contribution >= 0.6 is 11.6 Å². The van der Waals surface area contributed by atoms with Crippen LogP contribution in [0.4, 0.5) is 0 Å². The van der Waals surface area contributed by atoms with Gasteiger partial charge in [-0.05, 0) is 18.6 Å². The number of piperazine rings is 1. The van der Waals surface area contributed by atoms with Crippen LogP contribution in [0.15, 0.2) is 12.1 Å². The van der Waals surface area contributed by atoms with Gasteiger partial charge in [0.05, 0.1) is 18.7 Å². The molecule has 24 heavy (non-hydrogen) atoms. The largest absolute Gasteiger partial charge is 0.493 e. The minimum Gasteiger partial charge on any atom is -0.493 e. The Labute approximate surface area is 148 Å². The topological polar surface area (TPSA) is 62.8 Å². The van der Waals surface area contributed by atoms with Crippen molar-refractivity contribution in [3.63, 3.8) is 0 Å². The fourth-order valence-electron chi connectivity index (χ4n) is 2.56. The molecule has 0 unspecified atom stereocenters. The summed E-state index contributed by atoms with van der Waals surface area (Å²) in [6, 6.07) is 3.28. The summed E-state index contributed by atoms with van der Waals surface area (Å²) in [4.78, 5) is 14.7. The number of nitrogens with one attached hydrogen (secondary N) is 2. The van der Waals surface area contributed by atoms with E-state index in [1.807, 2.05) is 6.92 Å². The van der Waals surface area contributed by atoms with Crippen molar-refractivity contribution in [2.45, 2.75) is 13.3 Å². The minimum atomic E-state index is -0.160. The number of halogens is 1. The summed E-state index contributed by atoms with van der Waals surface area (Å²) in [5.74, 6) is 0.800. The Morgan fingerprint density at radius 2 is 2.12 bits per heavy atom. The second kappa shape index (κ2) is 9.71. The summed E-state index contributed by atoms with van der Waals surface area (Å²) in [5, 5.41) is 6.62. The molecule has 134 valence electrons. The Hall–Kier alpha value is -1.50.